The summed E-state index contributed by atoms with van der Waals surface area (Å²) in [5.41, 5.74) is 2.62. The predicted molar refractivity (Wildman–Crippen MR) is 134 cm³/mol. The van der Waals surface area contributed by atoms with Gasteiger partial charge in [-0.1, -0.05) is 53.7 Å². The van der Waals surface area contributed by atoms with Crippen molar-refractivity contribution in [2.45, 2.75) is 33.4 Å². The van der Waals surface area contributed by atoms with Crippen molar-refractivity contribution in [3.63, 3.8) is 0 Å². The number of ketones is 1. The summed E-state index contributed by atoms with van der Waals surface area (Å²) in [4.78, 5) is 30.8. The van der Waals surface area contributed by atoms with Crippen molar-refractivity contribution in [2.24, 2.45) is 5.92 Å². The maximum absolute atomic E-state index is 13.7. The Morgan fingerprint density at radius 3 is 2.60 bits per heavy atom. The number of nitrogens with one attached hydrogen (secondary N) is 1. The van der Waals surface area contributed by atoms with E-state index in [9.17, 15) is 14.7 Å². The smallest absolute Gasteiger partial charge is 0.295 e. The van der Waals surface area contributed by atoms with Gasteiger partial charge in [-0.2, -0.15) is 0 Å². The highest BCUT2D eigenvalue weighted by atomic mass is 79.9. The number of H-pyrrole nitrogens is 1. The number of carbonyl (C=O) groups excluding carboxylic acids is 2. The second kappa shape index (κ2) is 10.4. The van der Waals surface area contributed by atoms with Crippen LogP contribution in [0.3, 0.4) is 0 Å². The molecule has 4 rings (SSSR count). The standard InChI is InChI=1S/C28H27BrN2O4/c1-17(2)16-35-23-10-9-21(12-18(23)3)26(32)24-25(20-7-4-8-22(29)13-20)31(28(34)27(24)33)15-19-6-5-11-30-14-19/h4-14,17,25,32H,15-16H2,1-3H3/b26-24+. The molecule has 6 nitrogen and oxygen atoms in total. The molecule has 1 aliphatic rings. The molecule has 0 bridgehead atoms. The summed E-state index contributed by atoms with van der Waals surface area (Å²) in [7, 11) is 0. The van der Waals surface area contributed by atoms with Crippen molar-refractivity contribution in [3.05, 3.63) is 99.3 Å². The average Bonchev–Trinajstić information content (AvgIpc) is 3.08. The monoisotopic (exact) mass is 534 g/mol. The summed E-state index contributed by atoms with van der Waals surface area (Å²) in [6, 6.07) is 15.4. The maximum atomic E-state index is 13.7. The zero-order valence-corrected chi connectivity index (χ0v) is 21.5. The molecular weight excluding hydrogens is 508 g/mol. The normalized spacial score (nSPS) is 17.3. The predicted octanol–water partition coefficient (Wildman–Crippen LogP) is 4.03. The van der Waals surface area contributed by atoms with Gasteiger partial charge in [0, 0.05) is 21.7 Å². The first-order chi connectivity index (χ1) is 16.8. The Morgan fingerprint density at radius 2 is 1.94 bits per heavy atom. The molecule has 0 spiro atoms. The van der Waals surface area contributed by atoms with E-state index in [1.165, 1.54) is 4.90 Å². The molecule has 180 valence electrons. The zero-order chi connectivity index (χ0) is 25.1. The molecule has 0 aliphatic carbocycles. The second-order valence-electron chi connectivity index (χ2n) is 9.06. The molecule has 3 aromatic rings. The van der Waals surface area contributed by atoms with E-state index < -0.39 is 23.5 Å². The lowest BCUT2D eigenvalue weighted by atomic mass is 9.94. The number of benzene rings is 2. The summed E-state index contributed by atoms with van der Waals surface area (Å²) >= 11 is 3.47. The van der Waals surface area contributed by atoms with E-state index >= 15 is 0 Å². The topological polar surface area (TPSA) is 83.8 Å². The summed E-state index contributed by atoms with van der Waals surface area (Å²) < 4.78 is 6.62. The first-order valence-electron chi connectivity index (χ1n) is 11.5. The van der Waals surface area contributed by atoms with E-state index in [-0.39, 0.29) is 12.1 Å². The number of Topliss-reactive ketones (excluding diaryl/α,β-unsaturated/α-hetero) is 1. The molecule has 0 saturated carbocycles. The third-order valence-corrected chi connectivity index (χ3v) is 6.32. The van der Waals surface area contributed by atoms with Crippen molar-refractivity contribution >= 4 is 33.4 Å². The highest BCUT2D eigenvalue weighted by Gasteiger charge is 2.44. The van der Waals surface area contributed by atoms with Crippen LogP contribution in [0.2, 0.25) is 0 Å². The third-order valence-electron chi connectivity index (χ3n) is 5.83. The van der Waals surface area contributed by atoms with Gasteiger partial charge in [0.05, 0.1) is 19.2 Å². The van der Waals surface area contributed by atoms with Gasteiger partial charge < -0.3 is 14.7 Å². The molecule has 1 aliphatic heterocycles. The van der Waals surface area contributed by atoms with Crippen LogP contribution in [0.4, 0.5) is 0 Å². The number of hydrogen-bond donors (Lipinski definition) is 0. The maximum Gasteiger partial charge on any atom is 0.295 e. The number of aromatic amines is 1. The fourth-order valence-electron chi connectivity index (χ4n) is 4.15. The van der Waals surface area contributed by atoms with Gasteiger partial charge in [0.1, 0.15) is 5.75 Å². The molecule has 1 aromatic heterocycles. The van der Waals surface area contributed by atoms with Crippen molar-refractivity contribution in [3.8, 4) is 5.75 Å². The number of nitrogens with zero attached hydrogens (tertiary/aromatic N) is 1. The molecule has 35 heavy (non-hydrogen) atoms. The van der Waals surface area contributed by atoms with E-state index in [2.05, 4.69) is 34.8 Å². The molecule has 1 fully saturated rings. The number of rotatable bonds is 7. The van der Waals surface area contributed by atoms with Crippen LogP contribution < -0.4 is 14.8 Å². The number of ether oxygens (including phenoxy) is 1. The fourth-order valence-corrected chi connectivity index (χ4v) is 4.56. The van der Waals surface area contributed by atoms with Crippen LogP contribution in [-0.4, -0.2) is 23.2 Å². The lowest BCUT2D eigenvalue weighted by Gasteiger charge is -2.27. The quantitative estimate of drug-likeness (QED) is 0.260. The van der Waals surface area contributed by atoms with E-state index in [0.717, 1.165) is 15.6 Å². The minimum Gasteiger partial charge on any atom is -0.872 e. The summed E-state index contributed by atoms with van der Waals surface area (Å²) in [6.45, 7) is 6.75. The lowest BCUT2D eigenvalue weighted by molar-refractivity contribution is -0.378. The average molecular weight is 535 g/mol. The lowest BCUT2D eigenvalue weighted by Crippen LogP contribution is -2.29. The molecule has 7 heteroatoms. The number of pyridine rings is 1. The van der Waals surface area contributed by atoms with Crippen LogP contribution >= 0.6 is 15.9 Å². The zero-order valence-electron chi connectivity index (χ0n) is 19.9. The van der Waals surface area contributed by atoms with Crippen molar-refractivity contribution in [1.82, 2.24) is 4.90 Å². The van der Waals surface area contributed by atoms with Gasteiger partial charge in [-0.3, -0.25) is 9.59 Å². The number of halogens is 1. The van der Waals surface area contributed by atoms with Gasteiger partial charge in [0.15, 0.2) is 12.4 Å². The van der Waals surface area contributed by atoms with Gasteiger partial charge in [-0.15, -0.1) is 0 Å². The molecule has 1 saturated heterocycles. The van der Waals surface area contributed by atoms with Crippen LogP contribution in [0, 0.1) is 12.8 Å². The molecule has 1 atom stereocenters. The molecule has 1 N–H and O–H groups in total. The number of aryl methyl sites for hydroxylation is 1. The Kier molecular flexibility index (Phi) is 7.36. The van der Waals surface area contributed by atoms with Gasteiger partial charge in [0.2, 0.25) is 5.78 Å². The van der Waals surface area contributed by atoms with Crippen LogP contribution in [0.1, 0.15) is 42.1 Å². The highest BCUT2D eigenvalue weighted by molar-refractivity contribution is 9.10. The summed E-state index contributed by atoms with van der Waals surface area (Å²) in [5.74, 6) is -0.838. The number of amides is 1. The van der Waals surface area contributed by atoms with Crippen LogP contribution in [0.15, 0.2) is 77.0 Å². The van der Waals surface area contributed by atoms with Crippen molar-refractivity contribution in [2.75, 3.05) is 6.61 Å². The largest absolute Gasteiger partial charge is 0.872 e. The Morgan fingerprint density at radius 1 is 1.14 bits per heavy atom. The van der Waals surface area contributed by atoms with Crippen LogP contribution in [0.5, 0.6) is 5.75 Å². The highest BCUT2D eigenvalue weighted by Crippen LogP contribution is 2.40. The molecule has 2 aromatic carbocycles. The van der Waals surface area contributed by atoms with Gasteiger partial charge in [-0.05, 0) is 59.9 Å². The number of hydrogen-bond acceptors (Lipinski definition) is 4. The minimum atomic E-state index is -0.794. The molecule has 1 amide bonds. The molecule has 1 unspecified atom stereocenters. The van der Waals surface area contributed by atoms with E-state index in [0.29, 0.717) is 29.4 Å². The molecule has 2 heterocycles. The molecular formula is C28H27BrN2O4. The summed E-state index contributed by atoms with van der Waals surface area (Å²) in [5, 5.41) is 13.7. The van der Waals surface area contributed by atoms with Gasteiger partial charge in [-0.25, -0.2) is 4.98 Å². The minimum absolute atomic E-state index is 0.0386. The second-order valence-corrected chi connectivity index (χ2v) is 9.98. The fraction of sp³-hybridized carbons (Fsp3) is 0.250. The Hall–Kier alpha value is -3.45. The van der Waals surface area contributed by atoms with Crippen molar-refractivity contribution in [1.29, 1.82) is 0 Å². The number of likely N-dealkylation sites (tertiary alicyclic amines) is 1. The van der Waals surface area contributed by atoms with Crippen LogP contribution in [-0.2, 0) is 16.1 Å². The van der Waals surface area contributed by atoms with Gasteiger partial charge in [0.25, 0.3) is 5.91 Å². The van der Waals surface area contributed by atoms with E-state index in [1.807, 2.05) is 43.3 Å². The van der Waals surface area contributed by atoms with Gasteiger partial charge >= 0.3 is 0 Å². The van der Waals surface area contributed by atoms with Crippen molar-refractivity contribution < 1.29 is 24.4 Å². The number of carbonyl (C=O) groups is 2. The molecule has 0 radical (unpaired) electrons. The third kappa shape index (κ3) is 5.30. The first-order valence-corrected chi connectivity index (χ1v) is 12.3. The van der Waals surface area contributed by atoms with E-state index in [1.54, 1.807) is 30.6 Å². The number of aromatic nitrogens is 1. The Labute approximate surface area is 213 Å². The first kappa shape index (κ1) is 24.7. The Balaban J connectivity index is 1.79. The SMILES string of the molecule is Cc1cc(/C([O-])=C2\C(=O)C(=O)N(Cc3ccc[nH+]c3)C2c2cccc(Br)c2)ccc1OCC(C)C. The Bertz CT molecular complexity index is 1290. The summed E-state index contributed by atoms with van der Waals surface area (Å²) in [6.07, 6.45) is 3.54. The van der Waals surface area contributed by atoms with E-state index in [4.69, 9.17) is 4.74 Å². The van der Waals surface area contributed by atoms with Crippen LogP contribution in [0.25, 0.3) is 5.76 Å².